The minimum absolute atomic E-state index is 0.0317. The Hall–Kier alpha value is -2.13. The highest BCUT2D eigenvalue weighted by Gasteiger charge is 2.23. The quantitative estimate of drug-likeness (QED) is 0.524. The van der Waals surface area contributed by atoms with Crippen molar-refractivity contribution in [2.45, 2.75) is 45.8 Å². The minimum Gasteiger partial charge on any atom is -0.469 e. The number of rotatable bonds is 10. The summed E-state index contributed by atoms with van der Waals surface area (Å²) in [6.07, 6.45) is 2.37. The second kappa shape index (κ2) is 10.8. The molecular formula is C23H30O3. The Morgan fingerprint density at radius 1 is 0.923 bits per heavy atom. The summed E-state index contributed by atoms with van der Waals surface area (Å²) in [5.74, 6) is 0.264. The Balaban J connectivity index is 2.04. The first kappa shape index (κ1) is 20.2. The smallest absolute Gasteiger partial charge is 0.308 e. The van der Waals surface area contributed by atoms with Gasteiger partial charge in [0.15, 0.2) is 0 Å². The molecule has 0 unspecified atom stereocenters. The number of carbonyl (C=O) groups excluding carboxylic acids is 1. The standard InChI is InChI=1S/C23H30O3/c1-18(2)16-21(23(24)25-3)14-15-22(20-12-8-5-9-13-20)26-17-19-10-6-4-7-11-19/h4-13,18,21-22H,14-17H2,1-3H3/t21-,22+/m1/s1. The van der Waals surface area contributed by atoms with Crippen LogP contribution in [0.2, 0.25) is 0 Å². The summed E-state index contributed by atoms with van der Waals surface area (Å²) in [6.45, 7) is 4.83. The van der Waals surface area contributed by atoms with Gasteiger partial charge in [0, 0.05) is 0 Å². The van der Waals surface area contributed by atoms with E-state index in [1.54, 1.807) is 0 Å². The molecule has 140 valence electrons. The highest BCUT2D eigenvalue weighted by atomic mass is 16.5. The zero-order chi connectivity index (χ0) is 18.8. The van der Waals surface area contributed by atoms with Crippen molar-refractivity contribution >= 4 is 5.97 Å². The van der Waals surface area contributed by atoms with Gasteiger partial charge < -0.3 is 9.47 Å². The molecule has 0 amide bonds. The molecule has 2 rings (SSSR count). The van der Waals surface area contributed by atoms with Crippen LogP contribution in [0.25, 0.3) is 0 Å². The summed E-state index contributed by atoms with van der Waals surface area (Å²) in [7, 11) is 1.47. The molecule has 0 fully saturated rings. The predicted octanol–water partition coefficient (Wildman–Crippen LogP) is 5.56. The van der Waals surface area contributed by atoms with Crippen molar-refractivity contribution in [3.05, 3.63) is 71.8 Å². The van der Waals surface area contributed by atoms with Crippen molar-refractivity contribution in [3.8, 4) is 0 Å². The Kier molecular flexibility index (Phi) is 8.36. The molecule has 0 bridgehead atoms. The van der Waals surface area contributed by atoms with E-state index in [-0.39, 0.29) is 18.0 Å². The lowest BCUT2D eigenvalue weighted by molar-refractivity contribution is -0.146. The molecule has 0 aliphatic carbocycles. The number of methoxy groups -OCH3 is 1. The van der Waals surface area contributed by atoms with E-state index in [1.165, 1.54) is 7.11 Å². The molecule has 0 saturated carbocycles. The first-order chi connectivity index (χ1) is 12.6. The van der Waals surface area contributed by atoms with Crippen LogP contribution in [0.1, 0.15) is 50.3 Å². The third kappa shape index (κ3) is 6.64. The molecule has 0 aliphatic heterocycles. The van der Waals surface area contributed by atoms with E-state index in [2.05, 4.69) is 38.1 Å². The number of ether oxygens (including phenoxy) is 2. The van der Waals surface area contributed by atoms with Gasteiger partial charge in [-0.2, -0.15) is 0 Å². The molecule has 0 radical (unpaired) electrons. The molecule has 0 saturated heterocycles. The molecule has 0 N–H and O–H groups in total. The number of esters is 1. The molecule has 0 heterocycles. The maximum atomic E-state index is 12.1. The van der Waals surface area contributed by atoms with Gasteiger partial charge in [-0.15, -0.1) is 0 Å². The zero-order valence-electron chi connectivity index (χ0n) is 16.1. The van der Waals surface area contributed by atoms with Crippen LogP contribution in [0, 0.1) is 11.8 Å². The lowest BCUT2D eigenvalue weighted by atomic mass is 9.90. The Labute approximate surface area is 157 Å². The number of carbonyl (C=O) groups is 1. The summed E-state index contributed by atoms with van der Waals surface area (Å²) < 4.78 is 11.2. The summed E-state index contributed by atoms with van der Waals surface area (Å²) in [6, 6.07) is 20.4. The molecule has 26 heavy (non-hydrogen) atoms. The molecule has 0 aliphatic rings. The molecule has 2 atom stereocenters. The van der Waals surface area contributed by atoms with Crippen LogP contribution >= 0.6 is 0 Å². The van der Waals surface area contributed by atoms with E-state index in [4.69, 9.17) is 9.47 Å². The fraction of sp³-hybridized carbons (Fsp3) is 0.435. The number of benzene rings is 2. The van der Waals surface area contributed by atoms with E-state index in [9.17, 15) is 4.79 Å². The van der Waals surface area contributed by atoms with E-state index < -0.39 is 0 Å². The van der Waals surface area contributed by atoms with Gasteiger partial charge in [0.05, 0.1) is 25.7 Å². The van der Waals surface area contributed by atoms with Crippen molar-refractivity contribution in [2.75, 3.05) is 7.11 Å². The molecule has 0 spiro atoms. The van der Waals surface area contributed by atoms with Crippen LogP contribution in [0.15, 0.2) is 60.7 Å². The monoisotopic (exact) mass is 354 g/mol. The zero-order valence-corrected chi connectivity index (χ0v) is 16.1. The number of hydrogen-bond donors (Lipinski definition) is 0. The van der Waals surface area contributed by atoms with Gasteiger partial charge in [0.2, 0.25) is 0 Å². The average molecular weight is 354 g/mol. The van der Waals surface area contributed by atoms with E-state index in [0.717, 1.165) is 30.4 Å². The van der Waals surface area contributed by atoms with Gasteiger partial charge in [-0.25, -0.2) is 0 Å². The second-order valence-corrected chi connectivity index (χ2v) is 7.12. The molecular weight excluding hydrogens is 324 g/mol. The predicted molar refractivity (Wildman–Crippen MR) is 105 cm³/mol. The second-order valence-electron chi connectivity index (χ2n) is 7.12. The van der Waals surface area contributed by atoms with E-state index >= 15 is 0 Å². The van der Waals surface area contributed by atoms with Gasteiger partial charge in [0.1, 0.15) is 0 Å². The summed E-state index contributed by atoms with van der Waals surface area (Å²) in [5, 5.41) is 0. The van der Waals surface area contributed by atoms with Gasteiger partial charge in [-0.05, 0) is 36.3 Å². The lowest BCUT2D eigenvalue weighted by Crippen LogP contribution is -2.19. The van der Waals surface area contributed by atoms with Crippen molar-refractivity contribution in [2.24, 2.45) is 11.8 Å². The van der Waals surface area contributed by atoms with Gasteiger partial charge in [0.25, 0.3) is 0 Å². The van der Waals surface area contributed by atoms with Crippen LogP contribution in [0.5, 0.6) is 0 Å². The average Bonchev–Trinajstić information content (AvgIpc) is 2.67. The maximum Gasteiger partial charge on any atom is 0.308 e. The van der Waals surface area contributed by atoms with Crippen molar-refractivity contribution < 1.29 is 14.3 Å². The molecule has 2 aromatic rings. The Morgan fingerprint density at radius 3 is 2.12 bits per heavy atom. The fourth-order valence-corrected chi connectivity index (χ4v) is 3.21. The first-order valence-corrected chi connectivity index (χ1v) is 9.38. The molecule has 3 nitrogen and oxygen atoms in total. The maximum absolute atomic E-state index is 12.1. The van der Waals surface area contributed by atoms with Crippen molar-refractivity contribution in [1.82, 2.24) is 0 Å². The molecule has 3 heteroatoms. The summed E-state index contributed by atoms with van der Waals surface area (Å²) >= 11 is 0. The lowest BCUT2D eigenvalue weighted by Gasteiger charge is -2.22. The van der Waals surface area contributed by atoms with Crippen LogP contribution in [0.4, 0.5) is 0 Å². The van der Waals surface area contributed by atoms with Crippen LogP contribution in [-0.2, 0) is 20.9 Å². The van der Waals surface area contributed by atoms with Gasteiger partial charge >= 0.3 is 5.97 Å². The van der Waals surface area contributed by atoms with E-state index in [1.807, 2.05) is 36.4 Å². The normalized spacial score (nSPS) is 13.4. The van der Waals surface area contributed by atoms with Gasteiger partial charge in [-0.3, -0.25) is 4.79 Å². The Bertz CT molecular complexity index is 637. The minimum atomic E-state index is -0.117. The third-order valence-electron chi connectivity index (χ3n) is 4.53. The highest BCUT2D eigenvalue weighted by molar-refractivity contribution is 5.72. The SMILES string of the molecule is COC(=O)[C@H](CC[C@H](OCc1ccccc1)c1ccccc1)CC(C)C. The van der Waals surface area contributed by atoms with Gasteiger partial charge in [-0.1, -0.05) is 74.5 Å². The summed E-state index contributed by atoms with van der Waals surface area (Å²) in [4.78, 5) is 12.1. The third-order valence-corrected chi connectivity index (χ3v) is 4.53. The van der Waals surface area contributed by atoms with Crippen LogP contribution < -0.4 is 0 Å². The number of hydrogen-bond acceptors (Lipinski definition) is 3. The van der Waals surface area contributed by atoms with Crippen molar-refractivity contribution in [3.63, 3.8) is 0 Å². The first-order valence-electron chi connectivity index (χ1n) is 9.38. The molecule has 0 aromatic heterocycles. The highest BCUT2D eigenvalue weighted by Crippen LogP contribution is 2.28. The van der Waals surface area contributed by atoms with E-state index in [0.29, 0.717) is 12.5 Å². The summed E-state index contributed by atoms with van der Waals surface area (Å²) in [5.41, 5.74) is 2.30. The van der Waals surface area contributed by atoms with Crippen LogP contribution in [-0.4, -0.2) is 13.1 Å². The molecule has 2 aromatic carbocycles. The van der Waals surface area contributed by atoms with Crippen LogP contribution in [0.3, 0.4) is 0 Å². The van der Waals surface area contributed by atoms with Crippen molar-refractivity contribution in [1.29, 1.82) is 0 Å². The largest absolute Gasteiger partial charge is 0.469 e. The Morgan fingerprint density at radius 2 is 1.54 bits per heavy atom. The fourth-order valence-electron chi connectivity index (χ4n) is 3.21. The topological polar surface area (TPSA) is 35.5 Å².